The van der Waals surface area contributed by atoms with E-state index in [9.17, 15) is 0 Å². The van der Waals surface area contributed by atoms with E-state index >= 15 is 0 Å². The fraction of sp³-hybridized carbons (Fsp3) is 0.143. The van der Waals surface area contributed by atoms with Crippen LogP contribution in [-0.2, 0) is 0 Å². The average molecular weight is 272 g/mol. The number of nitrogens with one attached hydrogen (secondary N) is 1. The lowest BCUT2D eigenvalue weighted by Crippen LogP contribution is -2.24. The van der Waals surface area contributed by atoms with Gasteiger partial charge < -0.3 is 10.6 Å². The van der Waals surface area contributed by atoms with Crippen LogP contribution in [0.5, 0.6) is 0 Å². The topological polar surface area (TPSA) is 53.6 Å². The molecule has 2 rings (SSSR count). The molecule has 0 saturated carbocycles. The smallest absolute Gasteiger partial charge is 0.184 e. The molecule has 19 heavy (non-hydrogen) atoms. The molecule has 0 unspecified atom stereocenters. The van der Waals surface area contributed by atoms with Gasteiger partial charge in [0.25, 0.3) is 0 Å². The summed E-state index contributed by atoms with van der Waals surface area (Å²) in [7, 11) is 4.06. The maximum atomic E-state index is 5.33. The molecule has 0 fully saturated rings. The number of hydrogen-bond acceptors (Lipinski definition) is 3. The van der Waals surface area contributed by atoms with Crippen LogP contribution in [0, 0.1) is 0 Å². The first-order valence-electron chi connectivity index (χ1n) is 5.87. The molecule has 2 aromatic rings. The summed E-state index contributed by atoms with van der Waals surface area (Å²) in [6, 6.07) is 12.3. The van der Waals surface area contributed by atoms with E-state index in [1.54, 1.807) is 6.21 Å². The SMILES string of the molecule is CN(C)c1ccc(/C=N/NC(N)=S)c2ccccc12. The van der Waals surface area contributed by atoms with Gasteiger partial charge in [-0.2, -0.15) is 5.10 Å². The summed E-state index contributed by atoms with van der Waals surface area (Å²) in [6.07, 6.45) is 1.72. The molecular formula is C14H16N4S. The highest BCUT2D eigenvalue weighted by Gasteiger charge is 2.05. The van der Waals surface area contributed by atoms with Crippen molar-refractivity contribution in [1.82, 2.24) is 5.43 Å². The Morgan fingerprint density at radius 3 is 2.53 bits per heavy atom. The first-order valence-corrected chi connectivity index (χ1v) is 6.28. The standard InChI is InChI=1S/C14H16N4S/c1-18(2)13-8-7-10(9-16-17-14(15)19)11-5-3-4-6-12(11)13/h3-9H,1-2H3,(H3,15,17,19)/b16-9+. The van der Waals surface area contributed by atoms with Crippen molar-refractivity contribution in [2.45, 2.75) is 0 Å². The molecule has 4 nitrogen and oxygen atoms in total. The number of fused-ring (bicyclic) bond motifs is 1. The van der Waals surface area contributed by atoms with E-state index in [1.807, 2.05) is 32.3 Å². The molecule has 0 aliphatic carbocycles. The highest BCUT2D eigenvalue weighted by atomic mass is 32.1. The minimum absolute atomic E-state index is 0.158. The van der Waals surface area contributed by atoms with Crippen LogP contribution in [0.3, 0.4) is 0 Å². The molecule has 0 radical (unpaired) electrons. The van der Waals surface area contributed by atoms with Crippen LogP contribution < -0.4 is 16.1 Å². The fourth-order valence-electron chi connectivity index (χ4n) is 1.97. The Hall–Kier alpha value is -2.14. The Bertz CT molecular complexity index is 634. The molecule has 0 atom stereocenters. The lowest BCUT2D eigenvalue weighted by atomic mass is 10.0. The van der Waals surface area contributed by atoms with Crippen molar-refractivity contribution in [2.75, 3.05) is 19.0 Å². The summed E-state index contributed by atoms with van der Waals surface area (Å²) in [5, 5.41) is 6.50. The quantitative estimate of drug-likeness (QED) is 0.510. The van der Waals surface area contributed by atoms with Crippen molar-refractivity contribution < 1.29 is 0 Å². The third-order valence-electron chi connectivity index (χ3n) is 2.79. The summed E-state index contributed by atoms with van der Waals surface area (Å²) < 4.78 is 0. The number of anilines is 1. The van der Waals surface area contributed by atoms with Crippen LogP contribution in [0.25, 0.3) is 10.8 Å². The minimum Gasteiger partial charge on any atom is -0.377 e. The molecule has 0 amide bonds. The highest BCUT2D eigenvalue weighted by Crippen LogP contribution is 2.27. The predicted octanol–water partition coefficient (Wildman–Crippen LogP) is 2.07. The van der Waals surface area contributed by atoms with Crippen LogP contribution >= 0.6 is 12.2 Å². The van der Waals surface area contributed by atoms with Gasteiger partial charge in [-0.05, 0) is 23.7 Å². The number of hydrazone groups is 1. The van der Waals surface area contributed by atoms with Crippen molar-refractivity contribution in [3.05, 3.63) is 42.0 Å². The van der Waals surface area contributed by atoms with Crippen molar-refractivity contribution in [3.8, 4) is 0 Å². The number of thiocarbonyl (C=S) groups is 1. The average Bonchev–Trinajstić information content (AvgIpc) is 2.38. The van der Waals surface area contributed by atoms with Gasteiger partial charge in [-0.25, -0.2) is 0 Å². The van der Waals surface area contributed by atoms with E-state index in [4.69, 9.17) is 18.0 Å². The van der Waals surface area contributed by atoms with Gasteiger partial charge in [0.2, 0.25) is 0 Å². The largest absolute Gasteiger partial charge is 0.377 e. The lowest BCUT2D eigenvalue weighted by molar-refractivity contribution is 1.04. The van der Waals surface area contributed by atoms with Gasteiger partial charge in [-0.3, -0.25) is 5.43 Å². The lowest BCUT2D eigenvalue weighted by Gasteiger charge is -2.16. The second kappa shape index (κ2) is 5.67. The molecule has 0 heterocycles. The number of rotatable bonds is 3. The van der Waals surface area contributed by atoms with E-state index in [-0.39, 0.29) is 5.11 Å². The summed E-state index contributed by atoms with van der Waals surface area (Å²) in [6.45, 7) is 0. The zero-order chi connectivity index (χ0) is 13.8. The first kappa shape index (κ1) is 13.3. The molecule has 3 N–H and O–H groups in total. The molecule has 0 aliphatic heterocycles. The van der Waals surface area contributed by atoms with Gasteiger partial charge in [0.1, 0.15) is 0 Å². The maximum Gasteiger partial charge on any atom is 0.184 e. The first-order chi connectivity index (χ1) is 9.09. The third-order valence-corrected chi connectivity index (χ3v) is 2.89. The monoisotopic (exact) mass is 272 g/mol. The summed E-state index contributed by atoms with van der Waals surface area (Å²) in [5.41, 5.74) is 10.1. The second-order valence-corrected chi connectivity index (χ2v) is 4.79. The number of nitrogens with two attached hydrogens (primary N) is 1. The second-order valence-electron chi connectivity index (χ2n) is 4.35. The van der Waals surface area contributed by atoms with Crippen LogP contribution in [-0.4, -0.2) is 25.4 Å². The number of hydrogen-bond donors (Lipinski definition) is 2. The third kappa shape index (κ3) is 3.00. The van der Waals surface area contributed by atoms with Crippen molar-refractivity contribution in [2.24, 2.45) is 10.8 Å². The van der Waals surface area contributed by atoms with E-state index in [0.717, 1.165) is 10.9 Å². The number of benzene rings is 2. The summed E-state index contributed by atoms with van der Waals surface area (Å²) in [5.74, 6) is 0. The zero-order valence-corrected chi connectivity index (χ0v) is 11.7. The molecule has 0 aromatic heterocycles. The Balaban J connectivity index is 2.49. The van der Waals surface area contributed by atoms with Crippen molar-refractivity contribution in [3.63, 3.8) is 0 Å². The molecule has 2 aromatic carbocycles. The zero-order valence-electron chi connectivity index (χ0n) is 10.9. The van der Waals surface area contributed by atoms with E-state index in [1.165, 1.54) is 11.1 Å². The van der Waals surface area contributed by atoms with Crippen LogP contribution in [0.2, 0.25) is 0 Å². The normalized spacial score (nSPS) is 10.8. The summed E-state index contributed by atoms with van der Waals surface area (Å²) in [4.78, 5) is 2.09. The van der Waals surface area contributed by atoms with E-state index < -0.39 is 0 Å². The van der Waals surface area contributed by atoms with Gasteiger partial charge >= 0.3 is 0 Å². The van der Waals surface area contributed by atoms with Gasteiger partial charge in [-0.15, -0.1) is 0 Å². The Morgan fingerprint density at radius 1 is 1.21 bits per heavy atom. The molecule has 0 saturated heterocycles. The van der Waals surface area contributed by atoms with Crippen LogP contribution in [0.1, 0.15) is 5.56 Å². The highest BCUT2D eigenvalue weighted by molar-refractivity contribution is 7.80. The summed E-state index contributed by atoms with van der Waals surface area (Å²) >= 11 is 4.71. The van der Waals surface area contributed by atoms with Gasteiger partial charge in [-0.1, -0.05) is 30.3 Å². The molecule has 5 heteroatoms. The van der Waals surface area contributed by atoms with Crippen molar-refractivity contribution >= 4 is 40.0 Å². The number of nitrogens with zero attached hydrogens (tertiary/aromatic N) is 2. The molecule has 98 valence electrons. The van der Waals surface area contributed by atoms with Crippen LogP contribution in [0.4, 0.5) is 5.69 Å². The Labute approximate surface area is 117 Å². The Kier molecular flexibility index (Phi) is 3.97. The van der Waals surface area contributed by atoms with Gasteiger partial charge in [0.05, 0.1) is 6.21 Å². The predicted molar refractivity (Wildman–Crippen MR) is 85.8 cm³/mol. The Morgan fingerprint density at radius 2 is 1.89 bits per heavy atom. The molecule has 0 spiro atoms. The van der Waals surface area contributed by atoms with Gasteiger partial charge in [0, 0.05) is 30.7 Å². The fourth-order valence-corrected chi connectivity index (χ4v) is 2.03. The van der Waals surface area contributed by atoms with Crippen molar-refractivity contribution in [1.29, 1.82) is 0 Å². The molecule has 0 bridgehead atoms. The molecule has 0 aliphatic rings. The van der Waals surface area contributed by atoms with E-state index in [2.05, 4.69) is 33.6 Å². The van der Waals surface area contributed by atoms with Gasteiger partial charge in [0.15, 0.2) is 5.11 Å². The van der Waals surface area contributed by atoms with E-state index in [0.29, 0.717) is 0 Å². The minimum atomic E-state index is 0.158. The molecular weight excluding hydrogens is 256 g/mol. The maximum absolute atomic E-state index is 5.33. The van der Waals surface area contributed by atoms with Crippen LogP contribution in [0.15, 0.2) is 41.5 Å².